The SMILES string of the molecule is CCCNc1cc(C(=O)OC)cc(C(=O)OC)c1. The quantitative estimate of drug-likeness (QED) is 0.812. The molecule has 0 unspecified atom stereocenters. The maximum absolute atomic E-state index is 11.5. The molecule has 5 nitrogen and oxygen atoms in total. The summed E-state index contributed by atoms with van der Waals surface area (Å²) in [6.45, 7) is 2.78. The smallest absolute Gasteiger partial charge is 0.337 e. The molecule has 0 aromatic heterocycles. The molecule has 0 radical (unpaired) electrons. The van der Waals surface area contributed by atoms with Crippen molar-refractivity contribution in [3.63, 3.8) is 0 Å². The van der Waals surface area contributed by atoms with Crippen molar-refractivity contribution < 1.29 is 19.1 Å². The molecular weight excluding hydrogens is 234 g/mol. The molecule has 0 bridgehead atoms. The minimum atomic E-state index is -0.486. The highest BCUT2D eigenvalue weighted by atomic mass is 16.5. The number of hydrogen-bond donors (Lipinski definition) is 1. The first-order chi connectivity index (χ1) is 8.62. The summed E-state index contributed by atoms with van der Waals surface area (Å²) in [5.74, 6) is -0.972. The number of hydrogen-bond acceptors (Lipinski definition) is 5. The van der Waals surface area contributed by atoms with E-state index in [1.807, 2.05) is 6.92 Å². The van der Waals surface area contributed by atoms with Gasteiger partial charge in [0.05, 0.1) is 25.3 Å². The summed E-state index contributed by atoms with van der Waals surface area (Å²) < 4.78 is 9.29. The van der Waals surface area contributed by atoms with E-state index in [4.69, 9.17) is 0 Å². The van der Waals surface area contributed by atoms with Crippen LogP contribution in [0.25, 0.3) is 0 Å². The van der Waals surface area contributed by atoms with Crippen LogP contribution in [0.2, 0.25) is 0 Å². The highest BCUT2D eigenvalue weighted by molar-refractivity contribution is 5.96. The van der Waals surface area contributed by atoms with E-state index in [1.54, 1.807) is 12.1 Å². The van der Waals surface area contributed by atoms with Gasteiger partial charge in [-0.15, -0.1) is 0 Å². The Balaban J connectivity index is 3.11. The summed E-state index contributed by atoms with van der Waals surface area (Å²) in [5, 5.41) is 3.12. The Morgan fingerprint density at radius 2 is 1.56 bits per heavy atom. The minimum Gasteiger partial charge on any atom is -0.465 e. The lowest BCUT2D eigenvalue weighted by molar-refractivity contribution is 0.0599. The third-order valence-electron chi connectivity index (χ3n) is 2.35. The number of carbonyl (C=O) groups is 2. The summed E-state index contributed by atoms with van der Waals surface area (Å²) in [5.41, 5.74) is 1.33. The molecule has 0 heterocycles. The van der Waals surface area contributed by atoms with E-state index in [-0.39, 0.29) is 0 Å². The van der Waals surface area contributed by atoms with Crippen molar-refractivity contribution in [3.05, 3.63) is 29.3 Å². The number of carbonyl (C=O) groups excluding carboxylic acids is 2. The zero-order chi connectivity index (χ0) is 13.5. The second kappa shape index (κ2) is 6.64. The van der Waals surface area contributed by atoms with Gasteiger partial charge in [0, 0.05) is 12.2 Å². The molecule has 1 rings (SSSR count). The Morgan fingerprint density at radius 1 is 1.06 bits per heavy atom. The van der Waals surface area contributed by atoms with Crippen LogP contribution in [-0.2, 0) is 9.47 Å². The molecule has 1 aromatic rings. The fraction of sp³-hybridized carbons (Fsp3) is 0.385. The third-order valence-corrected chi connectivity index (χ3v) is 2.35. The van der Waals surface area contributed by atoms with Gasteiger partial charge in [-0.3, -0.25) is 0 Å². The van der Waals surface area contributed by atoms with Crippen LogP contribution in [0.1, 0.15) is 34.1 Å². The van der Waals surface area contributed by atoms with E-state index in [1.165, 1.54) is 20.3 Å². The van der Waals surface area contributed by atoms with E-state index in [0.29, 0.717) is 16.8 Å². The van der Waals surface area contributed by atoms with Crippen molar-refractivity contribution in [1.82, 2.24) is 0 Å². The van der Waals surface area contributed by atoms with Gasteiger partial charge in [-0.2, -0.15) is 0 Å². The first kappa shape index (κ1) is 14.0. The molecule has 0 saturated heterocycles. The summed E-state index contributed by atoms with van der Waals surface area (Å²) in [4.78, 5) is 23.0. The van der Waals surface area contributed by atoms with Gasteiger partial charge in [-0.05, 0) is 24.6 Å². The number of esters is 2. The zero-order valence-electron chi connectivity index (χ0n) is 10.8. The Bertz CT molecular complexity index is 408. The molecule has 98 valence electrons. The standard InChI is InChI=1S/C13H17NO4/c1-4-5-14-11-7-9(12(15)17-2)6-10(8-11)13(16)18-3/h6-8,14H,4-5H2,1-3H3. The van der Waals surface area contributed by atoms with Gasteiger partial charge in [-0.1, -0.05) is 6.92 Å². The normalized spacial score (nSPS) is 9.72. The predicted octanol–water partition coefficient (Wildman–Crippen LogP) is 2.08. The van der Waals surface area contributed by atoms with Crippen LogP contribution in [0.4, 0.5) is 5.69 Å². The molecule has 0 saturated carbocycles. The van der Waals surface area contributed by atoms with Crippen LogP contribution < -0.4 is 5.32 Å². The van der Waals surface area contributed by atoms with Gasteiger partial charge < -0.3 is 14.8 Å². The van der Waals surface area contributed by atoms with Crippen molar-refractivity contribution in [3.8, 4) is 0 Å². The highest BCUT2D eigenvalue weighted by Gasteiger charge is 2.13. The second-order valence-corrected chi connectivity index (χ2v) is 3.71. The number of ether oxygens (including phenoxy) is 2. The Morgan fingerprint density at radius 3 is 1.94 bits per heavy atom. The molecule has 1 N–H and O–H groups in total. The van der Waals surface area contributed by atoms with Crippen LogP contribution in [0, 0.1) is 0 Å². The molecular formula is C13H17NO4. The van der Waals surface area contributed by atoms with Gasteiger partial charge >= 0.3 is 11.9 Å². The van der Waals surface area contributed by atoms with E-state index in [9.17, 15) is 9.59 Å². The Labute approximate surface area is 106 Å². The van der Waals surface area contributed by atoms with Gasteiger partial charge in [-0.25, -0.2) is 9.59 Å². The maximum atomic E-state index is 11.5. The molecule has 5 heteroatoms. The van der Waals surface area contributed by atoms with Crippen LogP contribution in [0.3, 0.4) is 0 Å². The van der Waals surface area contributed by atoms with Crippen molar-refractivity contribution >= 4 is 17.6 Å². The summed E-state index contributed by atoms with van der Waals surface area (Å²) in [6, 6.07) is 4.75. The van der Waals surface area contributed by atoms with E-state index < -0.39 is 11.9 Å². The number of rotatable bonds is 5. The number of nitrogens with one attached hydrogen (secondary N) is 1. The fourth-order valence-electron chi connectivity index (χ4n) is 1.47. The van der Waals surface area contributed by atoms with Crippen molar-refractivity contribution in [1.29, 1.82) is 0 Å². The minimum absolute atomic E-state index is 0.319. The molecule has 0 atom stereocenters. The lowest BCUT2D eigenvalue weighted by Gasteiger charge is -2.09. The monoisotopic (exact) mass is 251 g/mol. The van der Waals surface area contributed by atoms with Gasteiger partial charge in [0.15, 0.2) is 0 Å². The number of anilines is 1. The lowest BCUT2D eigenvalue weighted by Crippen LogP contribution is -2.09. The molecule has 0 aliphatic carbocycles. The van der Waals surface area contributed by atoms with Crippen LogP contribution in [0.15, 0.2) is 18.2 Å². The van der Waals surface area contributed by atoms with Crippen molar-refractivity contribution in [2.45, 2.75) is 13.3 Å². The molecule has 1 aromatic carbocycles. The average molecular weight is 251 g/mol. The Kier molecular flexibility index (Phi) is 5.17. The second-order valence-electron chi connectivity index (χ2n) is 3.71. The predicted molar refractivity (Wildman–Crippen MR) is 67.9 cm³/mol. The number of benzene rings is 1. The van der Waals surface area contributed by atoms with Crippen LogP contribution in [0.5, 0.6) is 0 Å². The number of methoxy groups -OCH3 is 2. The fourth-order valence-corrected chi connectivity index (χ4v) is 1.47. The molecule has 0 spiro atoms. The molecule has 0 aliphatic heterocycles. The van der Waals surface area contributed by atoms with E-state index in [2.05, 4.69) is 14.8 Å². The van der Waals surface area contributed by atoms with Crippen molar-refractivity contribution in [2.75, 3.05) is 26.1 Å². The lowest BCUT2D eigenvalue weighted by atomic mass is 10.1. The molecule has 0 amide bonds. The topological polar surface area (TPSA) is 64.6 Å². The van der Waals surface area contributed by atoms with Gasteiger partial charge in [0.25, 0.3) is 0 Å². The summed E-state index contributed by atoms with van der Waals surface area (Å²) in [7, 11) is 2.60. The van der Waals surface area contributed by atoms with Crippen molar-refractivity contribution in [2.24, 2.45) is 0 Å². The highest BCUT2D eigenvalue weighted by Crippen LogP contribution is 2.17. The molecule has 18 heavy (non-hydrogen) atoms. The van der Waals surface area contributed by atoms with Gasteiger partial charge in [0.1, 0.15) is 0 Å². The zero-order valence-corrected chi connectivity index (χ0v) is 10.8. The van der Waals surface area contributed by atoms with Crippen LogP contribution in [-0.4, -0.2) is 32.7 Å². The molecule has 0 aliphatic rings. The average Bonchev–Trinajstić information content (AvgIpc) is 2.42. The maximum Gasteiger partial charge on any atom is 0.337 e. The third kappa shape index (κ3) is 3.48. The first-order valence-corrected chi connectivity index (χ1v) is 5.68. The largest absolute Gasteiger partial charge is 0.465 e. The van der Waals surface area contributed by atoms with Crippen LogP contribution >= 0.6 is 0 Å². The summed E-state index contributed by atoms with van der Waals surface area (Å²) in [6.07, 6.45) is 0.940. The van der Waals surface area contributed by atoms with E-state index >= 15 is 0 Å². The molecule has 0 fully saturated rings. The Hall–Kier alpha value is -2.04. The summed E-state index contributed by atoms with van der Waals surface area (Å²) >= 11 is 0. The first-order valence-electron chi connectivity index (χ1n) is 5.68. The van der Waals surface area contributed by atoms with Gasteiger partial charge in [0.2, 0.25) is 0 Å². The van der Waals surface area contributed by atoms with E-state index in [0.717, 1.165) is 13.0 Å².